The van der Waals surface area contributed by atoms with E-state index in [-0.39, 0.29) is 5.56 Å². The molecule has 3 heteroatoms. The fraction of sp³-hybridized carbons (Fsp3) is 0.615. The lowest BCUT2D eigenvalue weighted by molar-refractivity contribution is 0.256. The van der Waals surface area contributed by atoms with E-state index in [1.165, 1.54) is 31.4 Å². The number of aromatic amines is 1. The zero-order valence-electron chi connectivity index (χ0n) is 10.1. The van der Waals surface area contributed by atoms with Crippen LogP contribution in [0.15, 0.2) is 16.9 Å². The van der Waals surface area contributed by atoms with Crippen molar-refractivity contribution in [2.45, 2.75) is 39.2 Å². The predicted molar refractivity (Wildman–Crippen MR) is 65.6 cm³/mol. The minimum absolute atomic E-state index is 0.00119. The van der Waals surface area contributed by atoms with Crippen LogP contribution in [-0.2, 0) is 0 Å². The Labute approximate surface area is 96.5 Å². The molecule has 2 rings (SSSR count). The maximum Gasteiger partial charge on any atom is 0.248 e. The molecule has 3 nitrogen and oxygen atoms in total. The molecule has 0 bridgehead atoms. The van der Waals surface area contributed by atoms with Crippen LogP contribution in [0.5, 0.6) is 0 Å². The average molecular weight is 220 g/mol. The fourth-order valence-electron chi connectivity index (χ4n) is 2.68. The topological polar surface area (TPSA) is 36.1 Å². The Kier molecular flexibility index (Phi) is 3.44. The largest absolute Gasteiger partial charge is 0.326 e. The summed E-state index contributed by atoms with van der Waals surface area (Å²) in [5.74, 6) is 0. The van der Waals surface area contributed by atoms with Gasteiger partial charge in [-0.3, -0.25) is 9.69 Å². The Morgan fingerprint density at radius 2 is 2.31 bits per heavy atom. The van der Waals surface area contributed by atoms with Crippen LogP contribution in [0, 0.1) is 6.92 Å². The van der Waals surface area contributed by atoms with E-state index >= 15 is 0 Å². The third kappa shape index (κ3) is 2.19. The van der Waals surface area contributed by atoms with E-state index < -0.39 is 0 Å². The lowest BCUT2D eigenvalue weighted by Gasteiger charge is -2.25. The summed E-state index contributed by atoms with van der Waals surface area (Å²) in [6.07, 6.45) is 3.68. The molecule has 1 aromatic rings. The maximum absolute atomic E-state index is 11.2. The standard InChI is InChI=1S/C13H20N2O/c1-3-8-15-9-4-5-12(15)11-6-7-13(16)14-10(11)2/h6-7,12H,3-5,8-9H2,1-2H3,(H,14,16). The average Bonchev–Trinajstić information content (AvgIpc) is 2.67. The van der Waals surface area contributed by atoms with E-state index in [1.54, 1.807) is 6.07 Å². The first-order chi connectivity index (χ1) is 7.72. The van der Waals surface area contributed by atoms with Gasteiger partial charge in [-0.1, -0.05) is 13.0 Å². The molecule has 1 aliphatic heterocycles. The molecule has 0 aliphatic carbocycles. The van der Waals surface area contributed by atoms with E-state index in [2.05, 4.69) is 16.8 Å². The van der Waals surface area contributed by atoms with Crippen LogP contribution in [0.4, 0.5) is 0 Å². The number of likely N-dealkylation sites (tertiary alicyclic amines) is 1. The molecule has 88 valence electrons. The molecular formula is C13H20N2O. The Hall–Kier alpha value is -1.09. The van der Waals surface area contributed by atoms with Gasteiger partial charge in [0.2, 0.25) is 5.56 Å². The second-order valence-corrected chi connectivity index (χ2v) is 4.60. The van der Waals surface area contributed by atoms with Crippen molar-refractivity contribution in [1.82, 2.24) is 9.88 Å². The van der Waals surface area contributed by atoms with E-state index in [0.29, 0.717) is 6.04 Å². The summed E-state index contributed by atoms with van der Waals surface area (Å²) in [4.78, 5) is 16.6. The van der Waals surface area contributed by atoms with Crippen LogP contribution in [0.25, 0.3) is 0 Å². The molecule has 1 atom stereocenters. The van der Waals surface area contributed by atoms with Gasteiger partial charge in [0.1, 0.15) is 0 Å². The quantitative estimate of drug-likeness (QED) is 0.848. The molecular weight excluding hydrogens is 200 g/mol. The van der Waals surface area contributed by atoms with Crippen molar-refractivity contribution in [1.29, 1.82) is 0 Å². The normalized spacial score (nSPS) is 21.5. The molecule has 1 saturated heterocycles. The highest BCUT2D eigenvalue weighted by molar-refractivity contribution is 5.23. The first-order valence-corrected chi connectivity index (χ1v) is 6.16. The second-order valence-electron chi connectivity index (χ2n) is 4.60. The highest BCUT2D eigenvalue weighted by Gasteiger charge is 2.26. The summed E-state index contributed by atoms with van der Waals surface area (Å²) in [6, 6.07) is 4.15. The molecule has 0 spiro atoms. The van der Waals surface area contributed by atoms with Crippen LogP contribution in [0.3, 0.4) is 0 Å². The van der Waals surface area contributed by atoms with Gasteiger partial charge in [0, 0.05) is 17.8 Å². The Morgan fingerprint density at radius 3 is 3.00 bits per heavy atom. The van der Waals surface area contributed by atoms with Gasteiger partial charge in [0.25, 0.3) is 0 Å². The third-order valence-electron chi connectivity index (χ3n) is 3.39. The van der Waals surface area contributed by atoms with Gasteiger partial charge >= 0.3 is 0 Å². The molecule has 1 aliphatic rings. The summed E-state index contributed by atoms with van der Waals surface area (Å²) in [5.41, 5.74) is 2.33. The van der Waals surface area contributed by atoms with Crippen molar-refractivity contribution in [2.75, 3.05) is 13.1 Å². The fourth-order valence-corrected chi connectivity index (χ4v) is 2.68. The molecule has 1 unspecified atom stereocenters. The van der Waals surface area contributed by atoms with E-state index in [4.69, 9.17) is 0 Å². The van der Waals surface area contributed by atoms with Crippen LogP contribution in [-0.4, -0.2) is 23.0 Å². The summed E-state index contributed by atoms with van der Waals surface area (Å²) < 4.78 is 0. The van der Waals surface area contributed by atoms with E-state index in [9.17, 15) is 4.79 Å². The Balaban J connectivity index is 2.25. The van der Waals surface area contributed by atoms with Crippen molar-refractivity contribution >= 4 is 0 Å². The van der Waals surface area contributed by atoms with Gasteiger partial charge in [-0.15, -0.1) is 0 Å². The summed E-state index contributed by atoms with van der Waals surface area (Å²) in [5, 5.41) is 0. The lowest BCUT2D eigenvalue weighted by Crippen LogP contribution is -2.25. The van der Waals surface area contributed by atoms with Gasteiger partial charge in [-0.05, 0) is 44.8 Å². The van der Waals surface area contributed by atoms with Gasteiger partial charge in [-0.2, -0.15) is 0 Å². The summed E-state index contributed by atoms with van der Waals surface area (Å²) in [6.45, 7) is 6.56. The molecule has 1 N–H and O–H groups in total. The summed E-state index contributed by atoms with van der Waals surface area (Å²) in [7, 11) is 0. The van der Waals surface area contributed by atoms with Gasteiger partial charge in [0.15, 0.2) is 0 Å². The number of nitrogens with one attached hydrogen (secondary N) is 1. The molecule has 16 heavy (non-hydrogen) atoms. The molecule has 1 fully saturated rings. The molecule has 1 aromatic heterocycles. The lowest BCUT2D eigenvalue weighted by atomic mass is 10.0. The number of H-pyrrole nitrogens is 1. The van der Waals surface area contributed by atoms with Gasteiger partial charge in [-0.25, -0.2) is 0 Å². The van der Waals surface area contributed by atoms with Gasteiger partial charge in [0.05, 0.1) is 0 Å². The van der Waals surface area contributed by atoms with Crippen molar-refractivity contribution < 1.29 is 0 Å². The number of aromatic nitrogens is 1. The number of nitrogens with zero attached hydrogens (tertiary/aromatic N) is 1. The molecule has 0 aromatic carbocycles. The van der Waals surface area contributed by atoms with Crippen molar-refractivity contribution in [3.05, 3.63) is 33.7 Å². The van der Waals surface area contributed by atoms with Crippen molar-refractivity contribution in [3.63, 3.8) is 0 Å². The number of hydrogen-bond acceptors (Lipinski definition) is 2. The van der Waals surface area contributed by atoms with Gasteiger partial charge < -0.3 is 4.98 Å². The van der Waals surface area contributed by atoms with E-state index in [0.717, 1.165) is 12.2 Å². The second kappa shape index (κ2) is 4.83. The first-order valence-electron chi connectivity index (χ1n) is 6.16. The van der Waals surface area contributed by atoms with Crippen LogP contribution in [0.1, 0.15) is 43.5 Å². The minimum Gasteiger partial charge on any atom is -0.326 e. The van der Waals surface area contributed by atoms with Crippen molar-refractivity contribution in [3.8, 4) is 0 Å². The molecule has 2 heterocycles. The van der Waals surface area contributed by atoms with E-state index in [1.807, 2.05) is 13.0 Å². The maximum atomic E-state index is 11.2. The van der Waals surface area contributed by atoms with Crippen molar-refractivity contribution in [2.24, 2.45) is 0 Å². The number of aryl methyl sites for hydroxylation is 1. The monoisotopic (exact) mass is 220 g/mol. The smallest absolute Gasteiger partial charge is 0.248 e. The third-order valence-corrected chi connectivity index (χ3v) is 3.39. The highest BCUT2D eigenvalue weighted by atomic mass is 16.1. The molecule has 0 radical (unpaired) electrons. The first kappa shape index (κ1) is 11.4. The number of pyridine rings is 1. The Bertz CT molecular complexity index is 411. The predicted octanol–water partition coefficient (Wildman–Crippen LogP) is 2.23. The molecule has 0 amide bonds. The number of rotatable bonds is 3. The zero-order chi connectivity index (χ0) is 11.5. The van der Waals surface area contributed by atoms with Crippen LogP contribution in [0.2, 0.25) is 0 Å². The molecule has 0 saturated carbocycles. The highest BCUT2D eigenvalue weighted by Crippen LogP contribution is 2.32. The zero-order valence-corrected chi connectivity index (χ0v) is 10.1. The number of hydrogen-bond donors (Lipinski definition) is 1. The SMILES string of the molecule is CCCN1CCCC1c1ccc(=O)[nH]c1C. The van der Waals surface area contributed by atoms with Crippen LogP contribution < -0.4 is 5.56 Å². The summed E-state index contributed by atoms with van der Waals surface area (Å²) >= 11 is 0. The Morgan fingerprint density at radius 1 is 1.50 bits per heavy atom. The minimum atomic E-state index is 0.00119. The van der Waals surface area contributed by atoms with Crippen LogP contribution >= 0.6 is 0 Å².